The molecule has 0 saturated heterocycles. The van der Waals surface area contributed by atoms with Gasteiger partial charge in [0.1, 0.15) is 16.8 Å². The SMILES string of the molecule is CC(=O)NC(Cc1ccc(OP(=O)(O)O)cc1)C(=O)NC(CCC(=O)O)c1ncc(-c2ccccc2)s1. The number of carbonyl (C=O) groups excluding carboxylic acids is 2. The summed E-state index contributed by atoms with van der Waals surface area (Å²) in [4.78, 5) is 59.4. The summed E-state index contributed by atoms with van der Waals surface area (Å²) < 4.78 is 15.5. The van der Waals surface area contributed by atoms with Crippen LogP contribution < -0.4 is 15.2 Å². The zero-order chi connectivity index (χ0) is 27.0. The Labute approximate surface area is 216 Å². The molecule has 2 unspecified atom stereocenters. The highest BCUT2D eigenvalue weighted by Gasteiger charge is 2.26. The molecule has 13 heteroatoms. The van der Waals surface area contributed by atoms with Gasteiger partial charge in [-0.1, -0.05) is 42.5 Å². The van der Waals surface area contributed by atoms with E-state index in [2.05, 4.69) is 20.1 Å². The van der Waals surface area contributed by atoms with Crippen molar-refractivity contribution >= 4 is 36.9 Å². The lowest BCUT2D eigenvalue weighted by Gasteiger charge is -2.22. The van der Waals surface area contributed by atoms with E-state index >= 15 is 0 Å². The van der Waals surface area contributed by atoms with Crippen LogP contribution >= 0.6 is 19.2 Å². The van der Waals surface area contributed by atoms with Crippen molar-refractivity contribution < 1.29 is 38.4 Å². The zero-order valence-electron chi connectivity index (χ0n) is 19.7. The molecule has 1 aromatic heterocycles. The molecule has 0 fully saturated rings. The molecule has 0 spiro atoms. The van der Waals surface area contributed by atoms with E-state index < -0.39 is 37.7 Å². The van der Waals surface area contributed by atoms with Crippen molar-refractivity contribution in [2.75, 3.05) is 0 Å². The van der Waals surface area contributed by atoms with Gasteiger partial charge in [-0.2, -0.15) is 0 Å². The number of rotatable bonds is 12. The molecule has 37 heavy (non-hydrogen) atoms. The molecule has 0 bridgehead atoms. The van der Waals surface area contributed by atoms with Gasteiger partial charge in [-0.3, -0.25) is 24.2 Å². The fraction of sp³-hybridized carbons (Fsp3) is 0.250. The van der Waals surface area contributed by atoms with Crippen LogP contribution in [0.15, 0.2) is 60.8 Å². The highest BCUT2D eigenvalue weighted by Crippen LogP contribution is 2.37. The van der Waals surface area contributed by atoms with Gasteiger partial charge in [-0.25, -0.2) is 9.55 Å². The van der Waals surface area contributed by atoms with Crippen molar-refractivity contribution in [3.8, 4) is 16.2 Å². The maximum Gasteiger partial charge on any atom is 0.524 e. The molecule has 2 amide bonds. The number of phosphoric ester groups is 1. The van der Waals surface area contributed by atoms with Crippen LogP contribution in [0.25, 0.3) is 10.4 Å². The van der Waals surface area contributed by atoms with Gasteiger partial charge in [0.05, 0.1) is 10.9 Å². The Balaban J connectivity index is 1.78. The van der Waals surface area contributed by atoms with Crippen molar-refractivity contribution in [2.45, 2.75) is 38.3 Å². The van der Waals surface area contributed by atoms with Crippen LogP contribution in [-0.2, 0) is 25.4 Å². The number of nitrogens with one attached hydrogen (secondary N) is 2. The summed E-state index contributed by atoms with van der Waals surface area (Å²) in [6.07, 6.45) is 1.64. The van der Waals surface area contributed by atoms with Gasteiger partial charge in [0.25, 0.3) is 0 Å². The molecule has 0 saturated carbocycles. The van der Waals surface area contributed by atoms with Crippen molar-refractivity contribution in [3.63, 3.8) is 0 Å². The first-order valence-corrected chi connectivity index (χ1v) is 13.5. The van der Waals surface area contributed by atoms with E-state index in [1.54, 1.807) is 6.20 Å². The number of benzene rings is 2. The quantitative estimate of drug-likeness (QED) is 0.213. The van der Waals surface area contributed by atoms with Crippen LogP contribution in [-0.4, -0.2) is 43.7 Å². The van der Waals surface area contributed by atoms with Crippen LogP contribution in [0.1, 0.15) is 36.4 Å². The molecule has 2 aromatic carbocycles. The number of thiazole rings is 1. The monoisotopic (exact) mass is 547 g/mol. The number of hydrogen-bond donors (Lipinski definition) is 5. The topological polar surface area (TPSA) is 175 Å². The Bertz CT molecular complexity index is 1280. The average Bonchev–Trinajstić information content (AvgIpc) is 3.32. The lowest BCUT2D eigenvalue weighted by molar-refractivity contribution is -0.137. The third kappa shape index (κ3) is 9.10. The minimum Gasteiger partial charge on any atom is -0.481 e. The summed E-state index contributed by atoms with van der Waals surface area (Å²) in [6, 6.07) is 13.5. The van der Waals surface area contributed by atoms with E-state index in [1.807, 2.05) is 30.3 Å². The Morgan fingerprint density at radius 1 is 1.05 bits per heavy atom. The fourth-order valence-corrected chi connectivity index (χ4v) is 4.90. The first-order chi connectivity index (χ1) is 17.5. The third-order valence-corrected chi connectivity index (χ3v) is 6.73. The fourth-order valence-electron chi connectivity index (χ4n) is 3.50. The number of phosphoric acid groups is 1. The minimum atomic E-state index is -4.71. The van der Waals surface area contributed by atoms with Gasteiger partial charge in [0.2, 0.25) is 11.8 Å². The molecular weight excluding hydrogens is 521 g/mol. The van der Waals surface area contributed by atoms with Crippen LogP contribution in [0.2, 0.25) is 0 Å². The highest BCUT2D eigenvalue weighted by molar-refractivity contribution is 7.46. The third-order valence-electron chi connectivity index (χ3n) is 5.12. The molecule has 196 valence electrons. The number of nitrogens with zero attached hydrogens (tertiary/aromatic N) is 1. The Morgan fingerprint density at radius 3 is 2.32 bits per heavy atom. The molecular formula is C24H26N3O8PS. The van der Waals surface area contributed by atoms with E-state index in [9.17, 15) is 24.1 Å². The summed E-state index contributed by atoms with van der Waals surface area (Å²) in [6.45, 7) is 1.27. The first kappa shape index (κ1) is 28.0. The standard InChI is InChI=1S/C24H26N3O8PS/c1-15(28)26-20(13-16-7-9-18(10-8-16)35-36(32,33)34)23(31)27-19(11-12-22(29)30)24-25-14-21(37-24)17-5-3-2-4-6-17/h2-10,14,19-20H,11-13H2,1H3,(H,26,28)(H,27,31)(H,29,30)(H2,32,33,34). The predicted octanol–water partition coefficient (Wildman–Crippen LogP) is 3.05. The van der Waals surface area contributed by atoms with E-state index in [0.29, 0.717) is 10.6 Å². The summed E-state index contributed by atoms with van der Waals surface area (Å²) >= 11 is 1.34. The Hall–Kier alpha value is -3.57. The molecule has 1 heterocycles. The van der Waals surface area contributed by atoms with E-state index in [0.717, 1.165) is 10.4 Å². The first-order valence-electron chi connectivity index (χ1n) is 11.1. The van der Waals surface area contributed by atoms with Gasteiger partial charge in [-0.05, 0) is 29.7 Å². The molecule has 0 aliphatic heterocycles. The molecule has 5 N–H and O–H groups in total. The Morgan fingerprint density at radius 2 is 1.73 bits per heavy atom. The second kappa shape index (κ2) is 12.6. The van der Waals surface area contributed by atoms with Gasteiger partial charge in [-0.15, -0.1) is 11.3 Å². The number of aliphatic carboxylic acids is 1. The molecule has 0 aliphatic rings. The number of carboxylic acids is 1. The molecule has 3 aromatic rings. The van der Waals surface area contributed by atoms with Gasteiger partial charge in [0, 0.05) is 26.0 Å². The lowest BCUT2D eigenvalue weighted by atomic mass is 10.0. The number of carboxylic acid groups (broad SMARTS) is 1. The highest BCUT2D eigenvalue weighted by atomic mass is 32.1. The van der Waals surface area contributed by atoms with E-state index in [1.165, 1.54) is 42.5 Å². The Kier molecular flexibility index (Phi) is 9.54. The maximum atomic E-state index is 13.2. The maximum absolute atomic E-state index is 13.2. The van der Waals surface area contributed by atoms with Gasteiger partial charge >= 0.3 is 13.8 Å². The summed E-state index contributed by atoms with van der Waals surface area (Å²) in [5.41, 5.74) is 1.53. The smallest absolute Gasteiger partial charge is 0.481 e. The van der Waals surface area contributed by atoms with Crippen molar-refractivity contribution in [3.05, 3.63) is 71.4 Å². The lowest BCUT2D eigenvalue weighted by Crippen LogP contribution is -2.48. The van der Waals surface area contributed by atoms with E-state index in [-0.39, 0.29) is 25.0 Å². The van der Waals surface area contributed by atoms with Crippen LogP contribution in [0, 0.1) is 0 Å². The van der Waals surface area contributed by atoms with Crippen LogP contribution in [0.3, 0.4) is 0 Å². The number of carbonyl (C=O) groups is 3. The van der Waals surface area contributed by atoms with Crippen LogP contribution in [0.4, 0.5) is 0 Å². The normalized spacial score (nSPS) is 12.8. The summed E-state index contributed by atoms with van der Waals surface area (Å²) in [5, 5.41) is 15.2. The molecule has 0 aliphatic carbocycles. The molecule has 3 rings (SSSR count). The second-order valence-corrected chi connectivity index (χ2v) is 10.3. The molecule has 2 atom stereocenters. The zero-order valence-corrected chi connectivity index (χ0v) is 21.4. The summed E-state index contributed by atoms with van der Waals surface area (Å²) in [5.74, 6) is -2.04. The predicted molar refractivity (Wildman–Crippen MR) is 136 cm³/mol. The van der Waals surface area contributed by atoms with Crippen molar-refractivity contribution in [1.29, 1.82) is 0 Å². The van der Waals surface area contributed by atoms with Gasteiger partial charge < -0.3 is 20.3 Å². The van der Waals surface area contributed by atoms with Crippen LogP contribution in [0.5, 0.6) is 5.75 Å². The average molecular weight is 548 g/mol. The number of aromatic nitrogens is 1. The molecule has 0 radical (unpaired) electrons. The van der Waals surface area contributed by atoms with E-state index in [4.69, 9.17) is 9.79 Å². The largest absolute Gasteiger partial charge is 0.524 e. The van der Waals surface area contributed by atoms with Gasteiger partial charge in [0.15, 0.2) is 0 Å². The minimum absolute atomic E-state index is 0.0515. The second-order valence-electron chi connectivity index (χ2n) is 8.11. The van der Waals surface area contributed by atoms with Crippen molar-refractivity contribution in [1.82, 2.24) is 15.6 Å². The number of amides is 2. The number of hydrogen-bond acceptors (Lipinski definition) is 7. The van der Waals surface area contributed by atoms with Crippen molar-refractivity contribution in [2.24, 2.45) is 0 Å². The molecule has 11 nitrogen and oxygen atoms in total. The summed E-state index contributed by atoms with van der Waals surface area (Å²) in [7, 11) is -4.71.